The Balaban J connectivity index is 2.19. The van der Waals surface area contributed by atoms with Crippen LogP contribution in [0.2, 0.25) is 0 Å². The number of rotatable bonds is 9. The Bertz CT molecular complexity index is 545. The third-order valence-electron chi connectivity index (χ3n) is 3.82. The number of aliphatic hydroxyl groups is 1. The molecule has 0 amide bonds. The number of carboxylic acid groups (broad SMARTS) is 1. The predicted molar refractivity (Wildman–Crippen MR) is 89.9 cm³/mol. The van der Waals surface area contributed by atoms with Gasteiger partial charge in [-0.25, -0.2) is 0 Å². The number of hydrogen-bond acceptors (Lipinski definition) is 3. The first kappa shape index (κ1) is 17.2. The second-order valence-corrected chi connectivity index (χ2v) is 5.60. The van der Waals surface area contributed by atoms with Gasteiger partial charge in [-0.15, -0.1) is 0 Å². The lowest BCUT2D eigenvalue weighted by Crippen LogP contribution is -2.40. The van der Waals surface area contributed by atoms with Crippen LogP contribution >= 0.6 is 0 Å². The van der Waals surface area contributed by atoms with Crippen LogP contribution in [0.1, 0.15) is 24.0 Å². The number of nitrogens with zero attached hydrogens (tertiary/aromatic N) is 1. The SMILES string of the molecule is O=C(O)[C@@H](CCCO)N(Cc1ccccc1)Cc1ccccc1. The van der Waals surface area contributed by atoms with Crippen LogP contribution in [0.4, 0.5) is 0 Å². The number of aliphatic carboxylic acids is 1. The van der Waals surface area contributed by atoms with Gasteiger partial charge in [0.2, 0.25) is 0 Å². The second kappa shape index (κ2) is 9.08. The van der Waals surface area contributed by atoms with E-state index in [1.54, 1.807) is 0 Å². The van der Waals surface area contributed by atoms with Gasteiger partial charge in [0.1, 0.15) is 6.04 Å². The van der Waals surface area contributed by atoms with Crippen LogP contribution in [0, 0.1) is 0 Å². The van der Waals surface area contributed by atoms with Crippen molar-refractivity contribution < 1.29 is 15.0 Å². The van der Waals surface area contributed by atoms with E-state index in [1.807, 2.05) is 65.6 Å². The van der Waals surface area contributed by atoms with E-state index >= 15 is 0 Å². The second-order valence-electron chi connectivity index (χ2n) is 5.60. The van der Waals surface area contributed by atoms with Crippen molar-refractivity contribution in [2.24, 2.45) is 0 Å². The molecule has 0 radical (unpaired) electrons. The Morgan fingerprint density at radius 1 is 0.913 bits per heavy atom. The normalized spacial score (nSPS) is 12.3. The topological polar surface area (TPSA) is 60.8 Å². The van der Waals surface area contributed by atoms with Gasteiger partial charge >= 0.3 is 5.97 Å². The van der Waals surface area contributed by atoms with Crippen LogP contribution in [-0.2, 0) is 17.9 Å². The van der Waals surface area contributed by atoms with Gasteiger partial charge in [0.25, 0.3) is 0 Å². The molecule has 4 heteroatoms. The molecule has 2 aromatic rings. The summed E-state index contributed by atoms with van der Waals surface area (Å²) in [6.07, 6.45) is 0.919. The zero-order valence-electron chi connectivity index (χ0n) is 13.1. The van der Waals surface area contributed by atoms with E-state index in [9.17, 15) is 9.90 Å². The lowest BCUT2D eigenvalue weighted by molar-refractivity contribution is -0.144. The summed E-state index contributed by atoms with van der Waals surface area (Å²) < 4.78 is 0. The minimum atomic E-state index is -0.842. The molecule has 0 aliphatic carbocycles. The Morgan fingerprint density at radius 3 is 1.78 bits per heavy atom. The molecule has 2 N–H and O–H groups in total. The Labute approximate surface area is 137 Å². The van der Waals surface area contributed by atoms with Gasteiger partial charge in [0.15, 0.2) is 0 Å². The molecule has 0 spiro atoms. The monoisotopic (exact) mass is 313 g/mol. The molecule has 0 fully saturated rings. The van der Waals surface area contributed by atoms with Gasteiger partial charge in [-0.1, -0.05) is 60.7 Å². The Hall–Kier alpha value is -2.17. The maximum absolute atomic E-state index is 11.7. The first-order chi connectivity index (χ1) is 11.2. The summed E-state index contributed by atoms with van der Waals surface area (Å²) in [6, 6.07) is 19.1. The highest BCUT2D eigenvalue weighted by molar-refractivity contribution is 5.73. The quantitative estimate of drug-likeness (QED) is 0.747. The maximum atomic E-state index is 11.7. The number of carbonyl (C=O) groups is 1. The van der Waals surface area contributed by atoms with Gasteiger partial charge in [0, 0.05) is 19.7 Å². The van der Waals surface area contributed by atoms with E-state index in [0.29, 0.717) is 25.9 Å². The minimum absolute atomic E-state index is 0.00823. The van der Waals surface area contributed by atoms with Crippen molar-refractivity contribution in [3.63, 3.8) is 0 Å². The van der Waals surface area contributed by atoms with Crippen LogP contribution in [0.15, 0.2) is 60.7 Å². The number of hydrogen-bond donors (Lipinski definition) is 2. The molecule has 2 rings (SSSR count). The summed E-state index contributed by atoms with van der Waals surface area (Å²) >= 11 is 0. The lowest BCUT2D eigenvalue weighted by atomic mass is 10.1. The summed E-state index contributed by atoms with van der Waals surface area (Å²) in [6.45, 7) is 1.14. The van der Waals surface area contributed by atoms with E-state index < -0.39 is 12.0 Å². The van der Waals surface area contributed by atoms with Crippen molar-refractivity contribution in [3.05, 3.63) is 71.8 Å². The molecular formula is C19H23NO3. The van der Waals surface area contributed by atoms with Crippen molar-refractivity contribution in [3.8, 4) is 0 Å². The lowest BCUT2D eigenvalue weighted by Gasteiger charge is -2.29. The summed E-state index contributed by atoms with van der Waals surface area (Å²) in [5, 5.41) is 18.6. The zero-order valence-corrected chi connectivity index (χ0v) is 13.1. The molecule has 0 aromatic heterocycles. The van der Waals surface area contributed by atoms with E-state index in [-0.39, 0.29) is 6.61 Å². The predicted octanol–water partition coefficient (Wildman–Crippen LogP) is 2.91. The Morgan fingerprint density at radius 2 is 1.39 bits per heavy atom. The molecule has 0 unspecified atom stereocenters. The molecule has 0 saturated heterocycles. The molecule has 0 aliphatic rings. The van der Waals surface area contributed by atoms with Crippen LogP contribution in [-0.4, -0.2) is 33.7 Å². The smallest absolute Gasteiger partial charge is 0.320 e. The molecule has 0 saturated carbocycles. The van der Waals surface area contributed by atoms with Crippen molar-refractivity contribution >= 4 is 5.97 Å². The van der Waals surface area contributed by atoms with E-state index in [0.717, 1.165) is 11.1 Å². The minimum Gasteiger partial charge on any atom is -0.480 e. The molecule has 0 aliphatic heterocycles. The first-order valence-corrected chi connectivity index (χ1v) is 7.86. The summed E-state index contributed by atoms with van der Waals surface area (Å²) in [5.74, 6) is -0.842. The summed E-state index contributed by atoms with van der Waals surface area (Å²) in [4.78, 5) is 13.7. The summed E-state index contributed by atoms with van der Waals surface area (Å²) in [7, 11) is 0. The molecule has 23 heavy (non-hydrogen) atoms. The molecule has 4 nitrogen and oxygen atoms in total. The molecule has 0 bridgehead atoms. The van der Waals surface area contributed by atoms with E-state index in [2.05, 4.69) is 0 Å². The van der Waals surface area contributed by atoms with Crippen LogP contribution in [0.25, 0.3) is 0 Å². The average Bonchev–Trinajstić information content (AvgIpc) is 2.56. The fourth-order valence-electron chi connectivity index (χ4n) is 2.66. The van der Waals surface area contributed by atoms with Gasteiger partial charge < -0.3 is 10.2 Å². The van der Waals surface area contributed by atoms with Crippen LogP contribution < -0.4 is 0 Å². The van der Waals surface area contributed by atoms with Crippen molar-refractivity contribution in [2.45, 2.75) is 32.0 Å². The fourth-order valence-corrected chi connectivity index (χ4v) is 2.66. The van der Waals surface area contributed by atoms with Crippen LogP contribution in [0.5, 0.6) is 0 Å². The van der Waals surface area contributed by atoms with Gasteiger partial charge in [-0.05, 0) is 24.0 Å². The molecule has 122 valence electrons. The fraction of sp³-hybridized carbons (Fsp3) is 0.316. The van der Waals surface area contributed by atoms with Gasteiger partial charge in [-0.2, -0.15) is 0 Å². The van der Waals surface area contributed by atoms with E-state index in [1.165, 1.54) is 0 Å². The maximum Gasteiger partial charge on any atom is 0.320 e. The summed E-state index contributed by atoms with van der Waals surface area (Å²) in [5.41, 5.74) is 2.16. The average molecular weight is 313 g/mol. The highest BCUT2D eigenvalue weighted by Gasteiger charge is 2.25. The van der Waals surface area contributed by atoms with Crippen molar-refractivity contribution in [1.29, 1.82) is 0 Å². The first-order valence-electron chi connectivity index (χ1n) is 7.86. The number of carboxylic acids is 1. The van der Waals surface area contributed by atoms with Crippen molar-refractivity contribution in [1.82, 2.24) is 4.90 Å². The van der Waals surface area contributed by atoms with Crippen molar-refractivity contribution in [2.75, 3.05) is 6.61 Å². The molecule has 1 atom stereocenters. The largest absolute Gasteiger partial charge is 0.480 e. The zero-order chi connectivity index (χ0) is 16.5. The third kappa shape index (κ3) is 5.51. The van der Waals surface area contributed by atoms with Gasteiger partial charge in [-0.3, -0.25) is 9.69 Å². The van der Waals surface area contributed by atoms with Crippen LogP contribution in [0.3, 0.4) is 0 Å². The molecular weight excluding hydrogens is 290 g/mol. The standard InChI is InChI=1S/C19H23NO3/c21-13-7-12-18(19(22)23)20(14-16-8-3-1-4-9-16)15-17-10-5-2-6-11-17/h1-6,8-11,18,21H,7,12-15H2,(H,22,23)/t18-/m1/s1. The third-order valence-corrected chi connectivity index (χ3v) is 3.82. The highest BCUT2D eigenvalue weighted by atomic mass is 16.4. The van der Waals surface area contributed by atoms with Gasteiger partial charge in [0.05, 0.1) is 0 Å². The number of benzene rings is 2. The van der Waals surface area contributed by atoms with E-state index in [4.69, 9.17) is 5.11 Å². The number of aliphatic hydroxyl groups excluding tert-OH is 1. The Kier molecular flexibility index (Phi) is 6.78. The molecule has 2 aromatic carbocycles. The molecule has 0 heterocycles. The highest BCUT2D eigenvalue weighted by Crippen LogP contribution is 2.17.